The van der Waals surface area contributed by atoms with E-state index in [1.54, 1.807) is 24.4 Å². The van der Waals surface area contributed by atoms with Crippen molar-refractivity contribution < 1.29 is 29.2 Å². The van der Waals surface area contributed by atoms with Gasteiger partial charge in [0.1, 0.15) is 42.6 Å². The number of β-amino-alcohol motifs (C(OH)–C–C–N with tert-alkyl or cyclic N) is 1. The average molecular weight is 780 g/mol. The summed E-state index contributed by atoms with van der Waals surface area (Å²) in [4.78, 5) is 20.3. The molecule has 2 aliphatic rings. The SMILES string of the molecule is N#Cc1cncc(COc2cc(OCc3cccc(-c4cccc(OCCCN5CC[C@@H](O)C5)c4Cl)c3Cl)c(Cl)cc2CN2CCCC[C@H]2C(=O)O)c1. The van der Waals surface area contributed by atoms with Crippen molar-refractivity contribution in [3.8, 4) is 34.4 Å². The Balaban J connectivity index is 1.18. The third kappa shape index (κ3) is 9.92. The molecule has 0 spiro atoms. The standard InChI is InChI=1S/C40H41Cl3N4O6/c41-33-17-29(22-47-13-2-1-9-34(47)40(49)50)36(52-24-27-16-26(19-44)20-45-21-27)18-37(33)53-25-28-6-3-7-31(38(28)42)32-8-4-10-35(39(32)43)51-15-5-12-46-14-11-30(48)23-46/h3-4,6-8,10,16-18,20-21,30,34,48H,1-2,5,9,11-15,22-25H2,(H,49,50)/t30-,34+/m1/s1. The quantitative estimate of drug-likeness (QED) is 0.115. The molecule has 6 rings (SSSR count). The normalized spacial score (nSPS) is 17.7. The molecule has 2 fully saturated rings. The number of pyridine rings is 1. The Morgan fingerprint density at radius 3 is 2.45 bits per heavy atom. The third-order valence-corrected chi connectivity index (χ3v) is 10.7. The van der Waals surface area contributed by atoms with Gasteiger partial charge in [-0.2, -0.15) is 5.26 Å². The highest BCUT2D eigenvalue weighted by molar-refractivity contribution is 6.37. The molecule has 0 saturated carbocycles. The maximum atomic E-state index is 12.0. The number of rotatable bonds is 15. The second-order valence-corrected chi connectivity index (χ2v) is 14.5. The molecule has 0 amide bonds. The van der Waals surface area contributed by atoms with Gasteiger partial charge in [-0.3, -0.25) is 14.7 Å². The van der Waals surface area contributed by atoms with Gasteiger partial charge in [0.05, 0.1) is 33.3 Å². The summed E-state index contributed by atoms with van der Waals surface area (Å²) in [5.74, 6) is 0.550. The van der Waals surface area contributed by atoms with Crippen molar-refractivity contribution in [2.75, 3.05) is 32.8 Å². The monoisotopic (exact) mass is 778 g/mol. The Hall–Kier alpha value is -4.08. The molecule has 2 N–H and O–H groups in total. The van der Waals surface area contributed by atoms with E-state index < -0.39 is 12.0 Å². The van der Waals surface area contributed by atoms with E-state index >= 15 is 0 Å². The van der Waals surface area contributed by atoms with E-state index in [0.29, 0.717) is 87.2 Å². The van der Waals surface area contributed by atoms with E-state index in [4.69, 9.17) is 49.0 Å². The van der Waals surface area contributed by atoms with Crippen LogP contribution in [0.1, 0.15) is 54.4 Å². The molecule has 0 unspecified atom stereocenters. The molecule has 3 heterocycles. The van der Waals surface area contributed by atoms with Gasteiger partial charge in [0.2, 0.25) is 0 Å². The highest BCUT2D eigenvalue weighted by Gasteiger charge is 2.29. The van der Waals surface area contributed by atoms with Crippen molar-refractivity contribution in [3.63, 3.8) is 0 Å². The molecule has 278 valence electrons. The smallest absolute Gasteiger partial charge is 0.320 e. The Morgan fingerprint density at radius 2 is 1.68 bits per heavy atom. The number of aliphatic carboxylic acids is 1. The molecule has 10 nitrogen and oxygen atoms in total. The minimum Gasteiger partial charge on any atom is -0.492 e. The molecule has 2 saturated heterocycles. The fourth-order valence-corrected chi connectivity index (χ4v) is 7.59. The molecule has 4 aromatic rings. The zero-order valence-corrected chi connectivity index (χ0v) is 31.4. The van der Waals surface area contributed by atoms with E-state index in [-0.39, 0.29) is 19.3 Å². The van der Waals surface area contributed by atoms with Crippen LogP contribution in [-0.4, -0.2) is 75.9 Å². The maximum absolute atomic E-state index is 12.0. The van der Waals surface area contributed by atoms with Gasteiger partial charge < -0.3 is 29.3 Å². The molecule has 3 aromatic carbocycles. The predicted octanol–water partition coefficient (Wildman–Crippen LogP) is 8.01. The number of carboxylic acids is 1. The number of hydrogen-bond acceptors (Lipinski definition) is 9. The molecule has 0 aliphatic carbocycles. The number of halogens is 3. The number of piperidine rings is 1. The van der Waals surface area contributed by atoms with Crippen LogP contribution in [0.4, 0.5) is 0 Å². The van der Waals surface area contributed by atoms with E-state index in [2.05, 4.69) is 16.0 Å². The van der Waals surface area contributed by atoms with Crippen LogP contribution in [0.15, 0.2) is 67.0 Å². The van der Waals surface area contributed by atoms with Crippen LogP contribution in [0, 0.1) is 11.3 Å². The first-order valence-corrected chi connectivity index (χ1v) is 18.8. The molecule has 1 aromatic heterocycles. The predicted molar refractivity (Wildman–Crippen MR) is 204 cm³/mol. The number of aromatic nitrogens is 1. The number of likely N-dealkylation sites (tertiary alicyclic amines) is 2. The summed E-state index contributed by atoms with van der Waals surface area (Å²) in [6, 6.07) is 17.9. The minimum absolute atomic E-state index is 0.0888. The second-order valence-electron chi connectivity index (χ2n) is 13.3. The number of hydrogen-bond donors (Lipinski definition) is 2. The number of ether oxygens (including phenoxy) is 3. The van der Waals surface area contributed by atoms with Gasteiger partial charge in [-0.1, -0.05) is 71.6 Å². The first kappa shape index (κ1) is 38.6. The lowest BCUT2D eigenvalue weighted by atomic mass is 10.0. The summed E-state index contributed by atoms with van der Waals surface area (Å²) in [7, 11) is 0. The van der Waals surface area contributed by atoms with Gasteiger partial charge in [-0.05, 0) is 50.4 Å². The Morgan fingerprint density at radius 1 is 0.887 bits per heavy atom. The minimum atomic E-state index is -0.854. The van der Waals surface area contributed by atoms with Gasteiger partial charge in [-0.15, -0.1) is 0 Å². The van der Waals surface area contributed by atoms with Crippen molar-refractivity contribution in [2.45, 2.75) is 64.0 Å². The van der Waals surface area contributed by atoms with Gasteiger partial charge in [0.15, 0.2) is 0 Å². The van der Waals surface area contributed by atoms with E-state index in [9.17, 15) is 20.3 Å². The molecule has 0 bridgehead atoms. The lowest BCUT2D eigenvalue weighted by Crippen LogP contribution is -2.44. The molecule has 2 aliphatic heterocycles. The van der Waals surface area contributed by atoms with Crippen LogP contribution in [0.3, 0.4) is 0 Å². The largest absolute Gasteiger partial charge is 0.492 e. The third-order valence-electron chi connectivity index (χ3n) is 9.54. The summed E-state index contributed by atoms with van der Waals surface area (Å²) in [6.07, 6.45) is 6.81. The maximum Gasteiger partial charge on any atom is 0.320 e. The molecule has 13 heteroatoms. The van der Waals surface area contributed by atoms with Crippen LogP contribution in [-0.2, 0) is 24.6 Å². The Kier molecular flexibility index (Phi) is 13.3. The molecule has 2 atom stereocenters. The van der Waals surface area contributed by atoms with Crippen LogP contribution in [0.2, 0.25) is 15.1 Å². The van der Waals surface area contributed by atoms with E-state index in [0.717, 1.165) is 49.9 Å². The zero-order valence-electron chi connectivity index (χ0n) is 29.1. The van der Waals surface area contributed by atoms with Crippen molar-refractivity contribution >= 4 is 40.8 Å². The molecular formula is C40H41Cl3N4O6. The first-order valence-electron chi connectivity index (χ1n) is 17.7. The molecule has 53 heavy (non-hydrogen) atoms. The highest BCUT2D eigenvalue weighted by atomic mass is 35.5. The van der Waals surface area contributed by atoms with Gasteiger partial charge in [0, 0.05) is 72.5 Å². The number of aliphatic hydroxyl groups is 1. The Labute approximate surface area is 324 Å². The lowest BCUT2D eigenvalue weighted by Gasteiger charge is -2.33. The summed E-state index contributed by atoms with van der Waals surface area (Å²) in [5.41, 5.74) is 3.99. The van der Waals surface area contributed by atoms with E-state index in [1.807, 2.05) is 41.3 Å². The van der Waals surface area contributed by atoms with Gasteiger partial charge >= 0.3 is 5.97 Å². The highest BCUT2D eigenvalue weighted by Crippen LogP contribution is 2.41. The van der Waals surface area contributed by atoms with Gasteiger partial charge in [-0.25, -0.2) is 0 Å². The Bertz CT molecular complexity index is 1960. The number of carboxylic acid groups (broad SMARTS) is 1. The average Bonchev–Trinajstić information content (AvgIpc) is 3.58. The second kappa shape index (κ2) is 18.3. The number of carbonyl (C=O) groups is 1. The topological polar surface area (TPSA) is 128 Å². The number of nitrogens with zero attached hydrogens (tertiary/aromatic N) is 4. The van der Waals surface area contributed by atoms with Crippen molar-refractivity contribution in [1.29, 1.82) is 5.26 Å². The number of nitriles is 1. The summed E-state index contributed by atoms with van der Waals surface area (Å²) in [5, 5.41) is 30.2. The zero-order chi connectivity index (χ0) is 37.3. The van der Waals surface area contributed by atoms with Gasteiger partial charge in [0.25, 0.3) is 0 Å². The fraction of sp³-hybridized carbons (Fsp3) is 0.375. The van der Waals surface area contributed by atoms with Crippen LogP contribution in [0.25, 0.3) is 11.1 Å². The van der Waals surface area contributed by atoms with E-state index in [1.165, 1.54) is 6.20 Å². The van der Waals surface area contributed by atoms with Crippen molar-refractivity contribution in [3.05, 3.63) is 104 Å². The van der Waals surface area contributed by atoms with Crippen molar-refractivity contribution in [2.24, 2.45) is 0 Å². The summed E-state index contributed by atoms with van der Waals surface area (Å²) < 4.78 is 18.6. The first-order chi connectivity index (χ1) is 25.7. The summed E-state index contributed by atoms with van der Waals surface area (Å²) >= 11 is 20.6. The molecule has 0 radical (unpaired) electrons. The fourth-order valence-electron chi connectivity index (χ4n) is 6.78. The lowest BCUT2D eigenvalue weighted by molar-refractivity contribution is -0.144. The van der Waals surface area contributed by atoms with Crippen LogP contribution < -0.4 is 14.2 Å². The number of benzene rings is 3. The van der Waals surface area contributed by atoms with Crippen molar-refractivity contribution in [1.82, 2.24) is 14.8 Å². The summed E-state index contributed by atoms with van der Waals surface area (Å²) in [6.45, 7) is 4.11. The number of aliphatic hydroxyl groups excluding tert-OH is 1. The van der Waals surface area contributed by atoms with Crippen LogP contribution in [0.5, 0.6) is 17.2 Å². The molecular weight excluding hydrogens is 739 g/mol. The van der Waals surface area contributed by atoms with Crippen LogP contribution >= 0.6 is 34.8 Å².